The third-order valence-electron chi connectivity index (χ3n) is 4.33. The summed E-state index contributed by atoms with van der Waals surface area (Å²) in [5, 5.41) is 5.91. The van der Waals surface area contributed by atoms with Crippen molar-refractivity contribution in [3.8, 4) is 11.5 Å². The van der Waals surface area contributed by atoms with E-state index in [1.165, 1.54) is 6.33 Å². The van der Waals surface area contributed by atoms with Crippen LogP contribution in [0.5, 0.6) is 11.5 Å². The number of hydrogen-bond acceptors (Lipinski definition) is 7. The molecule has 0 aliphatic carbocycles. The molecular weight excluding hydrogens is 423 g/mol. The summed E-state index contributed by atoms with van der Waals surface area (Å²) >= 11 is 6.02. The van der Waals surface area contributed by atoms with Crippen molar-refractivity contribution in [3.05, 3.63) is 58.9 Å². The fraction of sp³-hybridized carbons (Fsp3) is 0.158. The highest BCUT2D eigenvalue weighted by Gasteiger charge is 2.31. The Kier molecular flexibility index (Phi) is 5.17. The molecule has 4 rings (SSSR count). The Bertz CT molecular complexity index is 1090. The van der Waals surface area contributed by atoms with Gasteiger partial charge in [-0.05, 0) is 35.9 Å². The minimum atomic E-state index is -4.50. The summed E-state index contributed by atoms with van der Waals surface area (Å²) in [5.74, 6) is 1.75. The van der Waals surface area contributed by atoms with Gasteiger partial charge in [-0.1, -0.05) is 17.7 Å². The standard InChI is InChI=1S/C19H15ClF3N5O2/c20-12-3-2-11(19(21,22)23)6-13(12)28-18-16(24)17(26-8-27-18)25-7-10-1-4-14-15(5-10)30-9-29-14/h1-6,8H,7,9,24H2,(H2,25,26,27,28). The topological polar surface area (TPSA) is 94.3 Å². The first-order chi connectivity index (χ1) is 14.3. The van der Waals surface area contributed by atoms with Gasteiger partial charge in [0.25, 0.3) is 0 Å². The Morgan fingerprint density at radius 3 is 2.60 bits per heavy atom. The molecule has 1 aliphatic rings. The van der Waals surface area contributed by atoms with Crippen molar-refractivity contribution < 1.29 is 22.6 Å². The van der Waals surface area contributed by atoms with Crippen molar-refractivity contribution in [2.24, 2.45) is 0 Å². The van der Waals surface area contributed by atoms with Crippen molar-refractivity contribution in [2.45, 2.75) is 12.7 Å². The number of nitrogen functional groups attached to an aromatic ring is 1. The average molecular weight is 438 g/mol. The van der Waals surface area contributed by atoms with Crippen molar-refractivity contribution in [1.29, 1.82) is 0 Å². The van der Waals surface area contributed by atoms with Gasteiger partial charge in [-0.25, -0.2) is 9.97 Å². The zero-order valence-corrected chi connectivity index (χ0v) is 16.0. The number of benzene rings is 2. The molecule has 2 heterocycles. The second kappa shape index (κ2) is 7.79. The summed E-state index contributed by atoms with van der Waals surface area (Å²) < 4.78 is 49.6. The van der Waals surface area contributed by atoms with Gasteiger partial charge in [0, 0.05) is 6.54 Å². The van der Waals surface area contributed by atoms with Gasteiger partial charge in [-0.3, -0.25) is 0 Å². The Labute approximate surface area is 174 Å². The lowest BCUT2D eigenvalue weighted by Gasteiger charge is -2.15. The molecule has 11 heteroatoms. The molecule has 0 saturated carbocycles. The van der Waals surface area contributed by atoms with Crippen molar-refractivity contribution in [2.75, 3.05) is 23.2 Å². The van der Waals surface area contributed by atoms with Crippen LogP contribution in [0.25, 0.3) is 0 Å². The number of aromatic nitrogens is 2. The smallest absolute Gasteiger partial charge is 0.416 e. The minimum absolute atomic E-state index is 0.0265. The van der Waals surface area contributed by atoms with Gasteiger partial charge in [0.2, 0.25) is 6.79 Å². The first-order valence-corrected chi connectivity index (χ1v) is 9.05. The van der Waals surface area contributed by atoms with Crippen LogP contribution >= 0.6 is 11.6 Å². The van der Waals surface area contributed by atoms with Crippen LogP contribution in [-0.2, 0) is 12.7 Å². The molecule has 0 amide bonds. The van der Waals surface area contributed by atoms with Crippen LogP contribution < -0.4 is 25.8 Å². The molecule has 156 valence electrons. The lowest BCUT2D eigenvalue weighted by atomic mass is 10.2. The highest BCUT2D eigenvalue weighted by Crippen LogP contribution is 2.36. The third-order valence-corrected chi connectivity index (χ3v) is 4.66. The molecule has 1 aromatic heterocycles. The van der Waals surface area contributed by atoms with Gasteiger partial charge in [-0.15, -0.1) is 0 Å². The molecule has 0 fully saturated rings. The zero-order valence-electron chi connectivity index (χ0n) is 15.3. The molecule has 0 saturated heterocycles. The molecule has 0 radical (unpaired) electrons. The van der Waals surface area contributed by atoms with Gasteiger partial charge in [0.15, 0.2) is 23.1 Å². The average Bonchev–Trinajstić information content (AvgIpc) is 3.17. The predicted molar refractivity (Wildman–Crippen MR) is 106 cm³/mol. The number of nitrogens with one attached hydrogen (secondary N) is 2. The van der Waals surface area contributed by atoms with Crippen LogP contribution in [0.3, 0.4) is 0 Å². The number of ether oxygens (including phenoxy) is 2. The maximum Gasteiger partial charge on any atom is 0.416 e. The molecule has 0 unspecified atom stereocenters. The Morgan fingerprint density at radius 2 is 1.80 bits per heavy atom. The summed E-state index contributed by atoms with van der Waals surface area (Å²) in [5.41, 5.74) is 6.31. The van der Waals surface area contributed by atoms with E-state index in [2.05, 4.69) is 20.6 Å². The first kappa shape index (κ1) is 19.9. The summed E-state index contributed by atoms with van der Waals surface area (Å²) in [6.07, 6.45) is -3.27. The van der Waals surface area contributed by atoms with Crippen LogP contribution in [0.2, 0.25) is 5.02 Å². The zero-order chi connectivity index (χ0) is 21.3. The predicted octanol–water partition coefficient (Wildman–Crippen LogP) is 4.82. The highest BCUT2D eigenvalue weighted by atomic mass is 35.5. The van der Waals surface area contributed by atoms with E-state index in [0.29, 0.717) is 23.9 Å². The maximum absolute atomic E-state index is 13.0. The number of rotatable bonds is 5. The molecule has 30 heavy (non-hydrogen) atoms. The molecule has 0 bridgehead atoms. The summed E-state index contributed by atoms with van der Waals surface area (Å²) in [7, 11) is 0. The number of fused-ring (bicyclic) bond motifs is 1. The summed E-state index contributed by atoms with van der Waals surface area (Å²) in [6.45, 7) is 0.555. The first-order valence-electron chi connectivity index (χ1n) is 8.68. The van der Waals surface area contributed by atoms with Gasteiger partial charge in [0.05, 0.1) is 16.3 Å². The van der Waals surface area contributed by atoms with E-state index in [1.54, 1.807) is 6.07 Å². The monoisotopic (exact) mass is 437 g/mol. The van der Waals surface area contributed by atoms with Gasteiger partial charge >= 0.3 is 6.18 Å². The summed E-state index contributed by atoms with van der Waals surface area (Å²) in [4.78, 5) is 8.10. The van der Waals surface area contributed by atoms with Crippen LogP contribution in [0, 0.1) is 0 Å². The van der Waals surface area contributed by atoms with Gasteiger partial charge < -0.3 is 25.8 Å². The fourth-order valence-corrected chi connectivity index (χ4v) is 2.96. The van der Waals surface area contributed by atoms with Crippen molar-refractivity contribution >= 4 is 34.6 Å². The van der Waals surface area contributed by atoms with Crippen molar-refractivity contribution in [3.63, 3.8) is 0 Å². The van der Waals surface area contributed by atoms with E-state index in [4.69, 9.17) is 26.8 Å². The van der Waals surface area contributed by atoms with Crippen LogP contribution in [-0.4, -0.2) is 16.8 Å². The molecule has 0 spiro atoms. The van der Waals surface area contributed by atoms with Crippen LogP contribution in [0.4, 0.5) is 36.2 Å². The molecule has 7 nitrogen and oxygen atoms in total. The Hall–Kier alpha value is -3.40. The maximum atomic E-state index is 13.0. The van der Waals surface area contributed by atoms with Crippen LogP contribution in [0.15, 0.2) is 42.7 Å². The fourth-order valence-electron chi connectivity index (χ4n) is 2.80. The SMILES string of the molecule is Nc1c(NCc2ccc3c(c2)OCO3)ncnc1Nc1cc(C(F)(F)F)ccc1Cl. The largest absolute Gasteiger partial charge is 0.454 e. The quantitative estimate of drug-likeness (QED) is 0.527. The summed E-state index contributed by atoms with van der Waals surface area (Å²) in [6, 6.07) is 8.43. The molecule has 2 aromatic carbocycles. The highest BCUT2D eigenvalue weighted by molar-refractivity contribution is 6.33. The Balaban J connectivity index is 1.52. The second-order valence-corrected chi connectivity index (χ2v) is 6.75. The number of alkyl halides is 3. The lowest BCUT2D eigenvalue weighted by Crippen LogP contribution is -2.09. The second-order valence-electron chi connectivity index (χ2n) is 6.34. The van der Waals surface area contributed by atoms with Crippen molar-refractivity contribution in [1.82, 2.24) is 9.97 Å². The number of hydrogen-bond donors (Lipinski definition) is 3. The lowest BCUT2D eigenvalue weighted by molar-refractivity contribution is -0.137. The van der Waals surface area contributed by atoms with E-state index >= 15 is 0 Å². The van der Waals surface area contributed by atoms with E-state index in [0.717, 1.165) is 23.8 Å². The third kappa shape index (κ3) is 4.13. The Morgan fingerprint density at radius 1 is 1.03 bits per heavy atom. The number of halogens is 4. The molecule has 4 N–H and O–H groups in total. The number of anilines is 4. The van der Waals surface area contributed by atoms with Crippen LogP contribution in [0.1, 0.15) is 11.1 Å². The van der Waals surface area contributed by atoms with Gasteiger partial charge in [-0.2, -0.15) is 13.2 Å². The normalized spacial score (nSPS) is 12.7. The number of nitrogens with zero attached hydrogens (tertiary/aromatic N) is 2. The minimum Gasteiger partial charge on any atom is -0.454 e. The van der Waals surface area contributed by atoms with Gasteiger partial charge in [0.1, 0.15) is 12.0 Å². The van der Waals surface area contributed by atoms with E-state index in [-0.39, 0.29) is 29.0 Å². The van der Waals surface area contributed by atoms with E-state index < -0.39 is 11.7 Å². The van der Waals surface area contributed by atoms with E-state index in [1.807, 2.05) is 12.1 Å². The molecular formula is C19H15ClF3N5O2. The molecule has 3 aromatic rings. The number of nitrogens with two attached hydrogens (primary N) is 1. The molecule has 1 aliphatic heterocycles. The van der Waals surface area contributed by atoms with E-state index in [9.17, 15) is 13.2 Å². The molecule has 0 atom stereocenters.